The molecular weight excluding hydrogens is 522 g/mol. The van der Waals surface area contributed by atoms with E-state index < -0.39 is 5.91 Å². The van der Waals surface area contributed by atoms with E-state index >= 15 is 0 Å². The molecule has 3 aromatic rings. The molecule has 2 N–H and O–H groups in total. The number of aromatic nitrogens is 1. The summed E-state index contributed by atoms with van der Waals surface area (Å²) in [6.07, 6.45) is 6.58. The summed E-state index contributed by atoms with van der Waals surface area (Å²) >= 11 is 0. The Labute approximate surface area is 250 Å². The first-order chi connectivity index (χ1) is 20.3. The predicted octanol–water partition coefficient (Wildman–Crippen LogP) is 5.62. The Balaban J connectivity index is 1.13. The van der Waals surface area contributed by atoms with Crippen molar-refractivity contribution in [3.63, 3.8) is 0 Å². The van der Waals surface area contributed by atoms with Gasteiger partial charge in [0, 0.05) is 57.5 Å². The summed E-state index contributed by atoms with van der Waals surface area (Å²) in [5, 5.41) is 0. The van der Waals surface area contributed by atoms with Crippen LogP contribution in [-0.4, -0.2) is 66.6 Å². The summed E-state index contributed by atoms with van der Waals surface area (Å²) in [4.78, 5) is 23.8. The van der Waals surface area contributed by atoms with Crippen molar-refractivity contribution in [3.8, 4) is 5.75 Å². The van der Waals surface area contributed by atoms with Gasteiger partial charge in [0.25, 0.3) is 0 Å². The van der Waals surface area contributed by atoms with Gasteiger partial charge in [-0.25, -0.2) is 4.98 Å². The van der Waals surface area contributed by atoms with Crippen LogP contribution in [0.2, 0.25) is 0 Å². The summed E-state index contributed by atoms with van der Waals surface area (Å²) in [6, 6.07) is 22.5. The van der Waals surface area contributed by atoms with Crippen LogP contribution in [0.25, 0.3) is 0 Å². The number of piperidine rings is 1. The molecule has 1 atom stereocenters. The van der Waals surface area contributed by atoms with Gasteiger partial charge in [-0.1, -0.05) is 50.2 Å². The number of hydrogen-bond acceptors (Lipinski definition) is 6. The van der Waals surface area contributed by atoms with Crippen molar-refractivity contribution in [2.24, 2.45) is 11.1 Å². The number of nitrogens with two attached hydrogens (primary N) is 1. The standard InChI is InChI=1S/C35H45N5O2/c1-25(2)30-6-4-5-7-31(30)32-24-38(23-26-8-11-29(42-3)12-9-26)18-19-40(32)28-20-35(21-28)14-16-39(17-15-35)33-13-10-27(22-37-33)34(36)41/h4-13,22,25,28,32H,14-21,23-24H2,1-3H3,(H2,36,41)/t32-/m0/s1. The van der Waals surface area contributed by atoms with Gasteiger partial charge < -0.3 is 15.4 Å². The fraction of sp³-hybridized carbons (Fsp3) is 0.486. The largest absolute Gasteiger partial charge is 0.497 e. The monoisotopic (exact) mass is 567 g/mol. The van der Waals surface area contributed by atoms with Crippen molar-refractivity contribution in [1.29, 1.82) is 0 Å². The summed E-state index contributed by atoms with van der Waals surface area (Å²) < 4.78 is 5.38. The lowest BCUT2D eigenvalue weighted by molar-refractivity contribution is -0.0628. The molecule has 1 aromatic heterocycles. The Hall–Kier alpha value is -3.42. The van der Waals surface area contributed by atoms with E-state index in [9.17, 15) is 4.79 Å². The molecule has 3 heterocycles. The second kappa shape index (κ2) is 12.1. The summed E-state index contributed by atoms with van der Waals surface area (Å²) in [6.45, 7) is 10.9. The zero-order valence-corrected chi connectivity index (χ0v) is 25.3. The minimum Gasteiger partial charge on any atom is -0.497 e. The van der Waals surface area contributed by atoms with Gasteiger partial charge in [-0.2, -0.15) is 0 Å². The number of methoxy groups -OCH3 is 1. The number of primary amides is 1. The zero-order valence-electron chi connectivity index (χ0n) is 25.3. The van der Waals surface area contributed by atoms with E-state index in [1.54, 1.807) is 19.4 Å². The average molecular weight is 568 g/mol. The van der Waals surface area contributed by atoms with E-state index in [1.165, 1.54) is 42.4 Å². The van der Waals surface area contributed by atoms with Crippen molar-refractivity contribution >= 4 is 11.7 Å². The molecule has 1 saturated carbocycles. The maximum absolute atomic E-state index is 11.4. The normalized spacial score (nSPS) is 21.4. The molecule has 222 valence electrons. The van der Waals surface area contributed by atoms with Crippen LogP contribution in [0.3, 0.4) is 0 Å². The minimum absolute atomic E-state index is 0.408. The molecule has 0 radical (unpaired) electrons. The minimum atomic E-state index is -0.428. The lowest BCUT2D eigenvalue weighted by atomic mass is 9.59. The number of pyridine rings is 1. The smallest absolute Gasteiger partial charge is 0.250 e. The lowest BCUT2D eigenvalue weighted by Crippen LogP contribution is -2.60. The molecule has 7 heteroatoms. The molecule has 0 unspecified atom stereocenters. The Bertz CT molecular complexity index is 1360. The van der Waals surface area contributed by atoms with Crippen LogP contribution >= 0.6 is 0 Å². The maximum atomic E-state index is 11.4. The summed E-state index contributed by atoms with van der Waals surface area (Å²) in [5.74, 6) is 1.93. The van der Waals surface area contributed by atoms with Crippen LogP contribution in [0.15, 0.2) is 66.9 Å². The Morgan fingerprint density at radius 2 is 1.74 bits per heavy atom. The molecule has 0 bridgehead atoms. The number of nitrogens with zero attached hydrogens (tertiary/aromatic N) is 4. The number of ether oxygens (including phenoxy) is 1. The lowest BCUT2D eigenvalue weighted by Gasteiger charge is -2.58. The van der Waals surface area contributed by atoms with Crippen molar-refractivity contribution in [3.05, 3.63) is 89.1 Å². The van der Waals surface area contributed by atoms with Crippen molar-refractivity contribution < 1.29 is 9.53 Å². The van der Waals surface area contributed by atoms with E-state index in [0.717, 1.165) is 50.8 Å². The third-order valence-electron chi connectivity index (χ3n) is 10.0. The highest BCUT2D eigenvalue weighted by atomic mass is 16.5. The molecule has 1 aliphatic carbocycles. The van der Waals surface area contributed by atoms with E-state index in [1.807, 2.05) is 6.07 Å². The number of anilines is 1. The van der Waals surface area contributed by atoms with E-state index in [0.29, 0.717) is 29.0 Å². The van der Waals surface area contributed by atoms with Gasteiger partial charge in [0.05, 0.1) is 12.7 Å². The molecule has 3 fully saturated rings. The number of amides is 1. The highest BCUT2D eigenvalue weighted by Crippen LogP contribution is 2.53. The van der Waals surface area contributed by atoms with Crippen molar-refractivity contribution in [2.45, 2.75) is 64.1 Å². The first-order valence-corrected chi connectivity index (χ1v) is 15.5. The topological polar surface area (TPSA) is 74.9 Å². The molecule has 2 aliphatic heterocycles. The average Bonchev–Trinajstić information content (AvgIpc) is 3.00. The number of hydrogen-bond donors (Lipinski definition) is 1. The Kier molecular flexibility index (Phi) is 8.24. The molecule has 7 nitrogen and oxygen atoms in total. The molecule has 1 spiro atoms. The first-order valence-electron chi connectivity index (χ1n) is 15.5. The summed E-state index contributed by atoms with van der Waals surface area (Å²) in [7, 11) is 1.72. The Morgan fingerprint density at radius 3 is 2.38 bits per heavy atom. The van der Waals surface area contributed by atoms with Gasteiger partial charge in [0.15, 0.2) is 0 Å². The number of piperazine rings is 1. The fourth-order valence-electron chi connectivity index (χ4n) is 7.55. The van der Waals surface area contributed by atoms with Crippen LogP contribution < -0.4 is 15.4 Å². The second-order valence-electron chi connectivity index (χ2n) is 12.9. The summed E-state index contributed by atoms with van der Waals surface area (Å²) in [5.41, 5.74) is 10.6. The second-order valence-corrected chi connectivity index (χ2v) is 12.9. The zero-order chi connectivity index (χ0) is 29.3. The van der Waals surface area contributed by atoms with Gasteiger partial charge in [0.1, 0.15) is 11.6 Å². The van der Waals surface area contributed by atoms with E-state index in [2.05, 4.69) is 82.1 Å². The number of carbonyl (C=O) groups excluding carboxylic acids is 1. The van der Waals surface area contributed by atoms with Gasteiger partial charge in [0.2, 0.25) is 5.91 Å². The van der Waals surface area contributed by atoms with Gasteiger partial charge in [-0.3, -0.25) is 14.6 Å². The van der Waals surface area contributed by atoms with Crippen LogP contribution in [0, 0.1) is 5.41 Å². The predicted molar refractivity (Wildman–Crippen MR) is 168 cm³/mol. The fourth-order valence-corrected chi connectivity index (χ4v) is 7.55. The number of benzene rings is 2. The molecule has 6 rings (SSSR count). The van der Waals surface area contributed by atoms with Crippen molar-refractivity contribution in [1.82, 2.24) is 14.8 Å². The molecular formula is C35H45N5O2. The molecule has 42 heavy (non-hydrogen) atoms. The molecule has 2 aromatic carbocycles. The highest BCUT2D eigenvalue weighted by molar-refractivity contribution is 5.92. The highest BCUT2D eigenvalue weighted by Gasteiger charge is 2.50. The van der Waals surface area contributed by atoms with Crippen LogP contribution in [0.5, 0.6) is 5.75 Å². The molecule has 2 saturated heterocycles. The van der Waals surface area contributed by atoms with Crippen LogP contribution in [0.1, 0.15) is 78.5 Å². The van der Waals surface area contributed by atoms with Crippen LogP contribution in [0.4, 0.5) is 5.82 Å². The molecule has 3 aliphatic rings. The van der Waals surface area contributed by atoms with Gasteiger partial charge in [-0.05, 0) is 78.0 Å². The maximum Gasteiger partial charge on any atom is 0.250 e. The first kappa shape index (κ1) is 28.7. The third kappa shape index (κ3) is 5.90. The van der Waals surface area contributed by atoms with Gasteiger partial charge >= 0.3 is 0 Å². The van der Waals surface area contributed by atoms with Crippen molar-refractivity contribution in [2.75, 3.05) is 44.7 Å². The Morgan fingerprint density at radius 1 is 1.00 bits per heavy atom. The third-order valence-corrected chi connectivity index (χ3v) is 10.0. The molecule has 1 amide bonds. The van der Waals surface area contributed by atoms with Crippen LogP contribution in [-0.2, 0) is 6.54 Å². The van der Waals surface area contributed by atoms with E-state index in [-0.39, 0.29) is 0 Å². The van der Waals surface area contributed by atoms with Gasteiger partial charge in [-0.15, -0.1) is 0 Å². The van der Waals surface area contributed by atoms with E-state index in [4.69, 9.17) is 10.5 Å². The quantitative estimate of drug-likeness (QED) is 0.381. The number of rotatable bonds is 8. The number of carbonyl (C=O) groups is 1. The SMILES string of the molecule is COc1ccc(CN2CCN(C3CC4(CCN(c5ccc(C(N)=O)cn5)CC4)C3)[C@H](c3ccccc3C(C)C)C2)cc1.